The number of benzene rings is 1. The molecule has 0 saturated carbocycles. The summed E-state index contributed by atoms with van der Waals surface area (Å²) < 4.78 is 7.72. The van der Waals surface area contributed by atoms with E-state index in [0.717, 1.165) is 0 Å². The molecule has 0 bridgehead atoms. The Kier molecular flexibility index (Phi) is 7.32. The molecule has 2 aromatic rings. The average molecular weight is 451 g/mol. The lowest BCUT2D eigenvalue weighted by Crippen LogP contribution is -2.56. The smallest absolute Gasteiger partial charge is 0.337 e. The SMILES string of the molecule is COC(=O)c1ccc(NC(=S)N[C@@H](NC(=O)c2ccco2)C(Cl)(Cl)Cl)cc1. The van der Waals surface area contributed by atoms with Crippen LogP contribution in [0.1, 0.15) is 20.9 Å². The Hall–Kier alpha value is -2.00. The number of amides is 1. The molecular formula is C16H14Cl3N3O4S. The minimum Gasteiger partial charge on any atom is -0.465 e. The number of carbonyl (C=O) groups excluding carboxylic acids is 2. The molecule has 2 rings (SSSR count). The fraction of sp³-hybridized carbons (Fsp3) is 0.188. The highest BCUT2D eigenvalue weighted by molar-refractivity contribution is 7.80. The first-order chi connectivity index (χ1) is 12.7. The van der Waals surface area contributed by atoms with Crippen molar-refractivity contribution in [3.05, 3.63) is 54.0 Å². The first-order valence-corrected chi connectivity index (χ1v) is 8.92. The number of alkyl halides is 3. The monoisotopic (exact) mass is 449 g/mol. The fourth-order valence-electron chi connectivity index (χ4n) is 1.92. The van der Waals surface area contributed by atoms with Crippen LogP contribution in [0.15, 0.2) is 47.1 Å². The van der Waals surface area contributed by atoms with Gasteiger partial charge in [0.05, 0.1) is 18.9 Å². The summed E-state index contributed by atoms with van der Waals surface area (Å²) in [6, 6.07) is 9.36. The number of anilines is 1. The van der Waals surface area contributed by atoms with Crippen LogP contribution < -0.4 is 16.0 Å². The summed E-state index contributed by atoms with van der Waals surface area (Å²) in [5.41, 5.74) is 0.951. The van der Waals surface area contributed by atoms with Crippen LogP contribution in [0, 0.1) is 0 Å². The van der Waals surface area contributed by atoms with Gasteiger partial charge in [0.15, 0.2) is 10.9 Å². The Morgan fingerprint density at radius 3 is 2.33 bits per heavy atom. The number of esters is 1. The number of carbonyl (C=O) groups is 2. The molecule has 0 saturated heterocycles. The number of hydrogen-bond donors (Lipinski definition) is 3. The maximum absolute atomic E-state index is 12.1. The lowest BCUT2D eigenvalue weighted by Gasteiger charge is -2.27. The summed E-state index contributed by atoms with van der Waals surface area (Å²) in [4.78, 5) is 23.5. The lowest BCUT2D eigenvalue weighted by atomic mass is 10.2. The number of nitrogens with one attached hydrogen (secondary N) is 3. The molecule has 1 atom stereocenters. The van der Waals surface area contributed by atoms with Crippen molar-refractivity contribution in [2.45, 2.75) is 9.96 Å². The Morgan fingerprint density at radius 1 is 1.15 bits per heavy atom. The molecule has 1 heterocycles. The third kappa shape index (κ3) is 6.28. The molecular weight excluding hydrogens is 437 g/mol. The van der Waals surface area contributed by atoms with E-state index in [4.69, 9.17) is 51.4 Å². The molecule has 0 aliphatic carbocycles. The average Bonchev–Trinajstić information content (AvgIpc) is 3.15. The largest absolute Gasteiger partial charge is 0.465 e. The van der Waals surface area contributed by atoms with Gasteiger partial charge in [-0.05, 0) is 48.6 Å². The lowest BCUT2D eigenvalue weighted by molar-refractivity contribution is 0.0600. The van der Waals surface area contributed by atoms with Gasteiger partial charge >= 0.3 is 5.97 Å². The minimum absolute atomic E-state index is 0.0494. The van der Waals surface area contributed by atoms with Crippen molar-refractivity contribution in [1.29, 1.82) is 0 Å². The first-order valence-electron chi connectivity index (χ1n) is 7.37. The number of furan rings is 1. The maximum atomic E-state index is 12.1. The standard InChI is InChI=1S/C16H14Cl3N3O4S/c1-25-13(24)9-4-6-10(7-5-9)20-15(27)22-14(16(17,18)19)21-12(23)11-3-2-8-26-11/h2-8,14H,1H3,(H,21,23)(H2,20,22,27)/t14-/m1/s1. The van der Waals surface area contributed by atoms with E-state index in [0.29, 0.717) is 11.3 Å². The van der Waals surface area contributed by atoms with Crippen molar-refractivity contribution in [3.8, 4) is 0 Å². The summed E-state index contributed by atoms with van der Waals surface area (Å²) in [7, 11) is 1.29. The van der Waals surface area contributed by atoms with Gasteiger partial charge in [-0.3, -0.25) is 4.79 Å². The van der Waals surface area contributed by atoms with Gasteiger partial charge in [-0.1, -0.05) is 34.8 Å². The Bertz CT molecular complexity index is 807. The van der Waals surface area contributed by atoms with Crippen molar-refractivity contribution >= 4 is 69.7 Å². The number of halogens is 3. The van der Waals surface area contributed by atoms with Crippen molar-refractivity contribution in [2.75, 3.05) is 12.4 Å². The molecule has 7 nitrogen and oxygen atoms in total. The molecule has 1 amide bonds. The van der Waals surface area contributed by atoms with Gasteiger partial charge in [-0.25, -0.2) is 4.79 Å². The second kappa shape index (κ2) is 9.27. The number of methoxy groups -OCH3 is 1. The van der Waals surface area contributed by atoms with E-state index in [1.54, 1.807) is 30.3 Å². The van der Waals surface area contributed by atoms with Gasteiger partial charge in [0, 0.05) is 5.69 Å². The molecule has 0 fully saturated rings. The summed E-state index contributed by atoms with van der Waals surface area (Å²) in [5.74, 6) is -0.999. The van der Waals surface area contributed by atoms with Crippen LogP contribution in [0.4, 0.5) is 5.69 Å². The Morgan fingerprint density at radius 2 is 1.81 bits per heavy atom. The van der Waals surface area contributed by atoms with E-state index in [-0.39, 0.29) is 10.9 Å². The van der Waals surface area contributed by atoms with Crippen LogP contribution in [-0.2, 0) is 4.74 Å². The predicted octanol–water partition coefficient (Wildman–Crippen LogP) is 3.48. The summed E-state index contributed by atoms with van der Waals surface area (Å²) in [6.07, 6.45) is 0.200. The number of rotatable bonds is 5. The third-order valence-electron chi connectivity index (χ3n) is 3.19. The number of thiocarbonyl (C=S) groups is 1. The maximum Gasteiger partial charge on any atom is 0.337 e. The van der Waals surface area contributed by atoms with Crippen LogP contribution in [0.3, 0.4) is 0 Å². The van der Waals surface area contributed by atoms with E-state index < -0.39 is 21.8 Å². The van der Waals surface area contributed by atoms with E-state index >= 15 is 0 Å². The molecule has 1 aromatic carbocycles. The quantitative estimate of drug-likeness (QED) is 0.278. The second-order valence-corrected chi connectivity index (χ2v) is 7.87. The summed E-state index contributed by atoms with van der Waals surface area (Å²) in [6.45, 7) is 0. The van der Waals surface area contributed by atoms with Gasteiger partial charge in [-0.15, -0.1) is 0 Å². The topological polar surface area (TPSA) is 92.6 Å². The Labute approximate surface area is 175 Å². The van der Waals surface area contributed by atoms with Gasteiger partial charge in [0.2, 0.25) is 3.79 Å². The van der Waals surface area contributed by atoms with E-state index in [1.807, 2.05) is 0 Å². The second-order valence-electron chi connectivity index (χ2n) is 5.09. The van der Waals surface area contributed by atoms with E-state index in [2.05, 4.69) is 20.7 Å². The van der Waals surface area contributed by atoms with Crippen LogP contribution in [0.5, 0.6) is 0 Å². The van der Waals surface area contributed by atoms with Gasteiger partial charge in [0.1, 0.15) is 6.17 Å². The summed E-state index contributed by atoms with van der Waals surface area (Å²) >= 11 is 22.9. The Balaban J connectivity index is 2.01. The number of hydrogen-bond acceptors (Lipinski definition) is 5. The van der Waals surface area contributed by atoms with Crippen molar-refractivity contribution in [3.63, 3.8) is 0 Å². The van der Waals surface area contributed by atoms with Gasteiger partial charge in [-0.2, -0.15) is 0 Å². The van der Waals surface area contributed by atoms with Crippen LogP contribution in [0.25, 0.3) is 0 Å². The molecule has 11 heteroatoms. The highest BCUT2D eigenvalue weighted by Gasteiger charge is 2.35. The molecule has 0 aliphatic rings. The van der Waals surface area contributed by atoms with E-state index in [9.17, 15) is 9.59 Å². The number of ether oxygens (including phenoxy) is 1. The van der Waals surface area contributed by atoms with Gasteiger partial charge in [0.25, 0.3) is 5.91 Å². The van der Waals surface area contributed by atoms with E-state index in [1.165, 1.54) is 19.4 Å². The minimum atomic E-state index is -1.90. The fourth-order valence-corrected chi connectivity index (χ4v) is 2.48. The predicted molar refractivity (Wildman–Crippen MR) is 107 cm³/mol. The molecule has 0 unspecified atom stereocenters. The zero-order valence-electron chi connectivity index (χ0n) is 13.8. The van der Waals surface area contributed by atoms with Gasteiger partial charge < -0.3 is 25.1 Å². The zero-order chi connectivity index (χ0) is 20.0. The molecule has 1 aromatic heterocycles. The highest BCUT2D eigenvalue weighted by Crippen LogP contribution is 2.29. The van der Waals surface area contributed by atoms with Crippen LogP contribution in [0.2, 0.25) is 0 Å². The van der Waals surface area contributed by atoms with Crippen LogP contribution in [-0.4, -0.2) is 34.1 Å². The molecule has 0 radical (unpaired) electrons. The molecule has 144 valence electrons. The third-order valence-corrected chi connectivity index (χ3v) is 4.06. The summed E-state index contributed by atoms with van der Waals surface area (Å²) in [5, 5.41) is 8.12. The molecule has 0 aliphatic heterocycles. The molecule has 27 heavy (non-hydrogen) atoms. The molecule has 3 N–H and O–H groups in total. The van der Waals surface area contributed by atoms with Crippen LogP contribution >= 0.6 is 47.0 Å². The van der Waals surface area contributed by atoms with Crippen molar-refractivity contribution in [2.24, 2.45) is 0 Å². The van der Waals surface area contributed by atoms with Crippen molar-refractivity contribution in [1.82, 2.24) is 10.6 Å². The zero-order valence-corrected chi connectivity index (χ0v) is 16.9. The first kappa shape index (κ1) is 21.3. The molecule has 0 spiro atoms. The normalized spacial score (nSPS) is 12.0. The highest BCUT2D eigenvalue weighted by atomic mass is 35.6. The van der Waals surface area contributed by atoms with Crippen molar-refractivity contribution < 1.29 is 18.7 Å².